The average Bonchev–Trinajstić information content (AvgIpc) is 0.734. The number of hydrogen-bond acceptors (Lipinski definition) is 18. The first kappa shape index (κ1) is 81.7. The minimum absolute atomic E-state index is 0.203. The Bertz CT molecular complexity index is 4210. The Morgan fingerprint density at radius 3 is 0.696 bits per heavy atom. The van der Waals surface area contributed by atoms with E-state index in [9.17, 15) is 45.1 Å². The molecule has 0 spiro atoms. The van der Waals surface area contributed by atoms with Crippen molar-refractivity contribution in [3.05, 3.63) is 158 Å². The Hall–Kier alpha value is -7.08. The van der Waals surface area contributed by atoms with E-state index in [2.05, 4.69) is 125 Å². The van der Waals surface area contributed by atoms with E-state index in [4.69, 9.17) is 37.9 Å². The number of esters is 4. The molecule has 16 fully saturated rings. The second-order valence-corrected chi connectivity index (χ2v) is 44.1. The van der Waals surface area contributed by atoms with Gasteiger partial charge in [-0.05, 0) is 296 Å². The zero-order valence-electron chi connectivity index (χ0n) is 67.4. The SMILES string of the molecule is CC(=O)OC(Oc1ccccc1[S+](c1ccccc1)c1ccccc1OC(OC(C)=O)C12CC3CC(CC(C3)C1C)C2)C12CC3CC(CC(C3)C1C)C2.CC(=O)OC(Oc1ccccc1[S+](c1ccccc1)c1ccccc1OC(OC(C)=O)C12CC3CC(CC(C3)C1C)C2)C12CC3CC(CC(C3)C1C)C2.O=S(=O)([O-])CS(=O)(=O)[O-]. The topological polar surface area (TPSA) is 257 Å². The van der Waals surface area contributed by atoms with Crippen LogP contribution in [0.4, 0.5) is 0 Å². The molecule has 0 radical (unpaired) electrons. The molecule has 6 aromatic rings. The quantitative estimate of drug-likeness (QED) is 0.0179. The van der Waals surface area contributed by atoms with Crippen LogP contribution in [0.25, 0.3) is 0 Å². The smallest absolute Gasteiger partial charge is 0.305 e. The average molecular weight is 1650 g/mol. The molecular weight excluding hydrogens is 1530 g/mol. The lowest BCUT2D eigenvalue weighted by atomic mass is 9.45. The molecule has 18 nitrogen and oxygen atoms in total. The van der Waals surface area contributed by atoms with Crippen molar-refractivity contribution in [2.24, 2.45) is 116 Å². The first-order valence-corrected chi connectivity index (χ1v) is 47.7. The minimum Gasteiger partial charge on any atom is -0.747 e. The third kappa shape index (κ3) is 16.5. The van der Waals surface area contributed by atoms with Crippen LogP contribution < -0.4 is 18.9 Å². The fourth-order valence-electron chi connectivity index (χ4n) is 26.1. The molecule has 16 bridgehead atoms. The molecule has 16 aliphatic carbocycles. The molecule has 0 saturated heterocycles. The summed E-state index contributed by atoms with van der Waals surface area (Å²) in [4.78, 5) is 57.6. The van der Waals surface area contributed by atoms with Crippen LogP contribution in [-0.4, -0.2) is 80.1 Å². The Morgan fingerprint density at radius 1 is 0.322 bits per heavy atom. The Morgan fingerprint density at radius 2 is 0.513 bits per heavy atom. The number of carbonyl (C=O) groups excluding carboxylic acids is 4. The van der Waals surface area contributed by atoms with Crippen molar-refractivity contribution >= 4 is 65.9 Å². The van der Waals surface area contributed by atoms with Gasteiger partial charge in [-0.2, -0.15) is 0 Å². The summed E-state index contributed by atoms with van der Waals surface area (Å²) >= 11 is 0. The summed E-state index contributed by atoms with van der Waals surface area (Å²) in [6, 6.07) is 54.3. The van der Waals surface area contributed by atoms with Crippen LogP contribution in [-0.2, 0) is 80.2 Å². The number of hydrogen-bond donors (Lipinski definition) is 0. The Kier molecular flexibility index (Phi) is 23.1. The maximum Gasteiger partial charge on any atom is 0.305 e. The predicted octanol–water partition coefficient (Wildman–Crippen LogP) is 18.5. The van der Waals surface area contributed by atoms with E-state index in [1.165, 1.54) is 105 Å². The van der Waals surface area contributed by atoms with E-state index in [1.54, 1.807) is 0 Å². The summed E-state index contributed by atoms with van der Waals surface area (Å²) < 4.78 is 111. The molecule has 0 N–H and O–H groups in total. The lowest BCUT2D eigenvalue weighted by Crippen LogP contribution is -2.59. The standard InChI is InChI=1S/2C46H55O6S.CH4O6S2/c2*1-28-36-20-32-18-33(21-36)25-45(28,24-32)43(49-30(3)47)51-39-14-8-10-16-41(39)53(38-12-6-5-7-13-38)42-17-11-9-15-40(42)52-44(50-31(4)48)46-26-34-19-35(27-46)23-37(22-34)29(46)2;2-8(3,4)1-9(5,6)7/h2*5-17,28-29,32-37,43-44H,18-27H2,1-4H3;1H2,(H,2,3,4)(H,5,6,7)/q2*+1;/p-2. The minimum atomic E-state index is -4.93. The third-order valence-electron chi connectivity index (χ3n) is 30.0. The third-order valence-corrected chi connectivity index (χ3v) is 36.9. The lowest BCUT2D eigenvalue weighted by Gasteiger charge is -2.61. The summed E-state index contributed by atoms with van der Waals surface area (Å²) in [5.41, 5.74) is -0.811. The Labute approximate surface area is 684 Å². The molecule has 0 amide bonds. The van der Waals surface area contributed by atoms with Crippen molar-refractivity contribution < 1.29 is 83.0 Å². The van der Waals surface area contributed by atoms with Crippen molar-refractivity contribution in [2.45, 2.75) is 238 Å². The molecule has 22 heteroatoms. The Balaban J connectivity index is 0.000000156. The van der Waals surface area contributed by atoms with Crippen molar-refractivity contribution in [1.29, 1.82) is 0 Å². The fourth-order valence-corrected chi connectivity index (χ4v) is 31.9. The number of carbonyl (C=O) groups is 4. The fraction of sp³-hybridized carbons (Fsp3) is 0.570. The van der Waals surface area contributed by atoms with Crippen LogP contribution in [0.15, 0.2) is 187 Å². The van der Waals surface area contributed by atoms with E-state index >= 15 is 0 Å². The van der Waals surface area contributed by atoms with Gasteiger partial charge < -0.3 is 47.0 Å². The number of rotatable bonds is 24. The van der Waals surface area contributed by atoms with Crippen LogP contribution >= 0.6 is 0 Å². The van der Waals surface area contributed by atoms with E-state index in [0.29, 0.717) is 94.7 Å². The van der Waals surface area contributed by atoms with Gasteiger partial charge in [-0.1, -0.05) is 113 Å². The molecule has 16 aliphatic rings. The number of ether oxygens (including phenoxy) is 8. The predicted molar refractivity (Wildman–Crippen MR) is 433 cm³/mol. The molecule has 16 unspecified atom stereocenters. The second kappa shape index (κ2) is 32.6. The zero-order valence-corrected chi connectivity index (χ0v) is 70.7. The zero-order chi connectivity index (χ0) is 80.7. The van der Waals surface area contributed by atoms with Crippen molar-refractivity contribution in [2.75, 3.05) is 5.08 Å². The molecular formula is C93H112O18S4. The van der Waals surface area contributed by atoms with Crippen LogP contribution in [0, 0.1) is 116 Å². The monoisotopic (exact) mass is 1640 g/mol. The lowest BCUT2D eigenvalue weighted by molar-refractivity contribution is -0.235. The highest BCUT2D eigenvalue weighted by atomic mass is 32.3. The van der Waals surface area contributed by atoms with Gasteiger partial charge >= 0.3 is 23.9 Å². The summed E-state index contributed by atoms with van der Waals surface area (Å²) in [5.74, 6) is 11.4. The number of benzene rings is 6. The molecule has 22 rings (SSSR count). The molecule has 16 saturated carbocycles. The molecule has 0 aliphatic heterocycles. The van der Waals surface area contributed by atoms with Gasteiger partial charge in [0, 0.05) is 49.4 Å². The highest BCUT2D eigenvalue weighted by molar-refractivity contribution is 8.02. The first-order valence-electron chi connectivity index (χ1n) is 42.1. The van der Waals surface area contributed by atoms with E-state index in [-0.39, 0.29) is 45.5 Å². The van der Waals surface area contributed by atoms with Gasteiger partial charge in [0.2, 0.25) is 44.7 Å². The maximum atomic E-state index is 12.8. The largest absolute Gasteiger partial charge is 0.747 e. The van der Waals surface area contributed by atoms with Gasteiger partial charge in [-0.3, -0.25) is 19.2 Å². The van der Waals surface area contributed by atoms with Gasteiger partial charge in [0.05, 0.1) is 0 Å². The second-order valence-electron chi connectivity index (χ2n) is 37.0. The van der Waals surface area contributed by atoms with E-state index < -0.39 is 72.3 Å². The van der Waals surface area contributed by atoms with Crippen molar-refractivity contribution in [1.82, 2.24) is 0 Å². The molecule has 0 aromatic heterocycles. The van der Waals surface area contributed by atoms with Gasteiger partial charge in [0.15, 0.2) is 32.8 Å². The van der Waals surface area contributed by atoms with Crippen molar-refractivity contribution in [3.8, 4) is 23.0 Å². The van der Waals surface area contributed by atoms with Gasteiger partial charge in [-0.25, -0.2) is 16.8 Å². The van der Waals surface area contributed by atoms with Gasteiger partial charge in [-0.15, -0.1) is 0 Å². The van der Waals surface area contributed by atoms with Crippen LogP contribution in [0.5, 0.6) is 23.0 Å². The van der Waals surface area contributed by atoms with Gasteiger partial charge in [0.25, 0.3) is 0 Å². The van der Waals surface area contributed by atoms with Crippen LogP contribution in [0.1, 0.15) is 184 Å². The van der Waals surface area contributed by atoms with Crippen LogP contribution in [0.2, 0.25) is 0 Å². The highest BCUT2D eigenvalue weighted by Gasteiger charge is 2.66. The summed E-state index contributed by atoms with van der Waals surface area (Å²) in [6.07, 6.45) is 21.1. The van der Waals surface area contributed by atoms with E-state index in [0.717, 1.165) is 104 Å². The summed E-state index contributed by atoms with van der Waals surface area (Å²) in [6.45, 7) is 15.6. The summed E-state index contributed by atoms with van der Waals surface area (Å²) in [7, 11) is -11.2. The first-order chi connectivity index (χ1) is 54.9. The van der Waals surface area contributed by atoms with Crippen molar-refractivity contribution in [3.63, 3.8) is 0 Å². The van der Waals surface area contributed by atoms with Crippen LogP contribution in [0.3, 0.4) is 0 Å². The van der Waals surface area contributed by atoms with E-state index in [1.807, 2.05) is 60.7 Å². The molecule has 6 aromatic carbocycles. The normalized spacial score (nSPS) is 34.6. The highest BCUT2D eigenvalue weighted by Crippen LogP contribution is 2.69. The van der Waals surface area contributed by atoms with Gasteiger partial charge in [0.1, 0.15) is 47.1 Å². The number of para-hydroxylation sites is 4. The molecule has 616 valence electrons. The summed E-state index contributed by atoms with van der Waals surface area (Å²) in [5, 5.41) is -1.88. The maximum absolute atomic E-state index is 12.8. The molecule has 0 heterocycles. The molecule has 115 heavy (non-hydrogen) atoms. The molecule has 16 atom stereocenters.